The van der Waals surface area contributed by atoms with Crippen LogP contribution in [0.5, 0.6) is 23.0 Å². The zero-order chi connectivity index (χ0) is 24.1. The first-order valence-electron chi connectivity index (χ1n) is 11.3. The lowest BCUT2D eigenvalue weighted by molar-refractivity contribution is 0.323. The summed E-state index contributed by atoms with van der Waals surface area (Å²) in [5.41, 5.74) is 3.43. The van der Waals surface area contributed by atoms with Gasteiger partial charge < -0.3 is 23.8 Å². The van der Waals surface area contributed by atoms with E-state index < -0.39 is 0 Å². The van der Waals surface area contributed by atoms with Gasteiger partial charge in [-0.1, -0.05) is 29.8 Å². The van der Waals surface area contributed by atoms with Crippen LogP contribution in [0.15, 0.2) is 59.5 Å². The lowest BCUT2D eigenvalue weighted by Gasteiger charge is -2.25. The maximum absolute atomic E-state index is 6.51. The summed E-state index contributed by atoms with van der Waals surface area (Å²) in [7, 11) is 4.92. The Kier molecular flexibility index (Phi) is 8.01. The first kappa shape index (κ1) is 24.4. The van der Waals surface area contributed by atoms with Crippen molar-refractivity contribution in [2.24, 2.45) is 0 Å². The van der Waals surface area contributed by atoms with E-state index >= 15 is 0 Å². The van der Waals surface area contributed by atoms with E-state index in [4.69, 9.17) is 30.5 Å². The van der Waals surface area contributed by atoms with E-state index in [0.29, 0.717) is 23.9 Å². The molecule has 34 heavy (non-hydrogen) atoms. The van der Waals surface area contributed by atoms with E-state index in [1.54, 1.807) is 21.3 Å². The average Bonchev–Trinajstić information content (AvgIpc) is 3.03. The summed E-state index contributed by atoms with van der Waals surface area (Å²) >= 11 is 8.34. The maximum atomic E-state index is 6.51. The number of thioether (sulfide) groups is 1. The summed E-state index contributed by atoms with van der Waals surface area (Å²) in [6.45, 7) is 4.24. The molecule has 0 saturated heterocycles. The van der Waals surface area contributed by atoms with Gasteiger partial charge in [0.05, 0.1) is 33.6 Å². The standard InChI is InChI=1S/C27H30ClNO4S/c1-5-33-20-10-11-22-26(16-20)34-25(12-13-29(22)17-18-8-6-7-9-21(18)28)19-14-23(30-2)27(32-4)24(15-19)31-3/h6-11,14-16,25H,5,12-13,17H2,1-4H3. The van der Waals surface area contributed by atoms with Gasteiger partial charge in [-0.05, 0) is 60.9 Å². The van der Waals surface area contributed by atoms with E-state index in [2.05, 4.69) is 35.2 Å². The average molecular weight is 500 g/mol. The molecule has 0 radical (unpaired) electrons. The quantitative estimate of drug-likeness (QED) is 0.332. The molecule has 1 atom stereocenters. The zero-order valence-corrected chi connectivity index (χ0v) is 21.5. The highest BCUT2D eigenvalue weighted by Gasteiger charge is 2.26. The Morgan fingerprint density at radius 3 is 2.35 bits per heavy atom. The molecule has 5 nitrogen and oxygen atoms in total. The number of halogens is 1. The zero-order valence-electron chi connectivity index (χ0n) is 20.0. The summed E-state index contributed by atoms with van der Waals surface area (Å²) in [6.07, 6.45) is 0.937. The second kappa shape index (κ2) is 11.2. The molecule has 0 saturated carbocycles. The molecule has 0 aliphatic carbocycles. The first-order chi connectivity index (χ1) is 16.6. The number of anilines is 1. The number of nitrogens with zero attached hydrogens (tertiary/aromatic N) is 1. The highest BCUT2D eigenvalue weighted by molar-refractivity contribution is 7.99. The van der Waals surface area contributed by atoms with Gasteiger partial charge in [0.15, 0.2) is 11.5 Å². The SMILES string of the molecule is CCOc1ccc2c(c1)SC(c1cc(OC)c(OC)c(OC)c1)CCN2Cc1ccccc1Cl. The van der Waals surface area contributed by atoms with Crippen LogP contribution in [0, 0.1) is 0 Å². The highest BCUT2D eigenvalue weighted by Crippen LogP contribution is 2.49. The van der Waals surface area contributed by atoms with Crippen molar-refractivity contribution >= 4 is 29.1 Å². The van der Waals surface area contributed by atoms with Gasteiger partial charge in [-0.15, -0.1) is 11.8 Å². The highest BCUT2D eigenvalue weighted by atomic mass is 35.5. The molecular formula is C27H30ClNO4S. The second-order valence-electron chi connectivity index (χ2n) is 7.93. The molecule has 3 aromatic carbocycles. The van der Waals surface area contributed by atoms with Crippen LogP contribution in [0.3, 0.4) is 0 Å². The molecular weight excluding hydrogens is 470 g/mol. The Balaban J connectivity index is 1.73. The molecule has 0 amide bonds. The minimum absolute atomic E-state index is 0.195. The molecule has 1 aliphatic heterocycles. The third-order valence-corrected chi connectivity index (χ3v) is 7.63. The monoisotopic (exact) mass is 499 g/mol. The molecule has 0 bridgehead atoms. The van der Waals surface area contributed by atoms with Crippen molar-refractivity contribution < 1.29 is 18.9 Å². The normalized spacial score (nSPS) is 15.3. The topological polar surface area (TPSA) is 40.2 Å². The Bertz CT molecular complexity index is 1110. The van der Waals surface area contributed by atoms with Gasteiger partial charge >= 0.3 is 0 Å². The van der Waals surface area contributed by atoms with Gasteiger partial charge in [0.1, 0.15) is 5.75 Å². The van der Waals surface area contributed by atoms with Crippen molar-refractivity contribution in [2.45, 2.75) is 30.0 Å². The molecule has 7 heteroatoms. The lowest BCUT2D eigenvalue weighted by Crippen LogP contribution is -2.24. The molecule has 1 unspecified atom stereocenters. The number of benzene rings is 3. The van der Waals surface area contributed by atoms with Crippen LogP contribution < -0.4 is 23.8 Å². The van der Waals surface area contributed by atoms with Gasteiger partial charge in [0, 0.05) is 28.3 Å². The van der Waals surface area contributed by atoms with E-state index in [0.717, 1.165) is 41.4 Å². The number of ether oxygens (including phenoxy) is 4. The number of hydrogen-bond acceptors (Lipinski definition) is 6. The summed E-state index contributed by atoms with van der Waals surface area (Å²) in [4.78, 5) is 3.58. The van der Waals surface area contributed by atoms with Crippen molar-refractivity contribution in [1.82, 2.24) is 0 Å². The Labute approximate surface area is 210 Å². The van der Waals surface area contributed by atoms with Crippen molar-refractivity contribution in [3.63, 3.8) is 0 Å². The molecule has 180 valence electrons. The number of methoxy groups -OCH3 is 3. The minimum atomic E-state index is 0.195. The van der Waals surface area contributed by atoms with Gasteiger partial charge in [-0.25, -0.2) is 0 Å². The van der Waals surface area contributed by atoms with Crippen molar-refractivity contribution in [2.75, 3.05) is 39.4 Å². The first-order valence-corrected chi connectivity index (χ1v) is 12.6. The lowest BCUT2D eigenvalue weighted by atomic mass is 10.1. The van der Waals surface area contributed by atoms with Crippen molar-refractivity contribution in [3.8, 4) is 23.0 Å². The van der Waals surface area contributed by atoms with Crippen molar-refractivity contribution in [1.29, 1.82) is 0 Å². The third-order valence-electron chi connectivity index (χ3n) is 5.89. The fourth-order valence-electron chi connectivity index (χ4n) is 4.23. The van der Waals surface area contributed by atoms with Crippen LogP contribution >= 0.6 is 23.4 Å². The Hall–Kier alpha value is -2.70. The fraction of sp³-hybridized carbons (Fsp3) is 0.333. The maximum Gasteiger partial charge on any atom is 0.203 e. The van der Waals surface area contributed by atoms with Crippen LogP contribution in [0.1, 0.15) is 29.7 Å². The predicted molar refractivity (Wildman–Crippen MR) is 139 cm³/mol. The molecule has 0 aromatic heterocycles. The smallest absolute Gasteiger partial charge is 0.203 e. The number of rotatable bonds is 8. The molecule has 0 spiro atoms. The molecule has 4 rings (SSSR count). The van der Waals surface area contributed by atoms with Crippen molar-refractivity contribution in [3.05, 3.63) is 70.7 Å². The van der Waals surface area contributed by atoms with Crippen LogP contribution in [-0.2, 0) is 6.54 Å². The largest absolute Gasteiger partial charge is 0.494 e. The summed E-state index contributed by atoms with van der Waals surface area (Å²) in [5, 5.41) is 0.980. The second-order valence-corrected chi connectivity index (χ2v) is 9.58. The molecule has 0 N–H and O–H groups in total. The van der Waals surface area contributed by atoms with E-state index in [1.165, 1.54) is 10.6 Å². The Morgan fingerprint density at radius 1 is 0.971 bits per heavy atom. The number of hydrogen-bond donors (Lipinski definition) is 0. The Morgan fingerprint density at radius 2 is 1.71 bits per heavy atom. The van der Waals surface area contributed by atoms with Crippen LogP contribution in [0.2, 0.25) is 5.02 Å². The number of fused-ring (bicyclic) bond motifs is 1. The van der Waals surface area contributed by atoms with Gasteiger partial charge in [-0.2, -0.15) is 0 Å². The third kappa shape index (κ3) is 5.18. The molecule has 1 heterocycles. The predicted octanol–water partition coefficient (Wildman–Crippen LogP) is 7.01. The summed E-state index contributed by atoms with van der Waals surface area (Å²) < 4.78 is 22.6. The molecule has 0 fully saturated rings. The molecule has 3 aromatic rings. The molecule has 1 aliphatic rings. The van der Waals surface area contributed by atoms with Crippen LogP contribution in [0.25, 0.3) is 0 Å². The summed E-state index contributed by atoms with van der Waals surface area (Å²) in [5.74, 6) is 2.81. The van der Waals surface area contributed by atoms with Gasteiger partial charge in [-0.3, -0.25) is 0 Å². The fourth-order valence-corrected chi connectivity index (χ4v) is 5.73. The van der Waals surface area contributed by atoms with E-state index in [1.807, 2.05) is 43.0 Å². The minimum Gasteiger partial charge on any atom is -0.494 e. The van der Waals surface area contributed by atoms with Crippen LogP contribution in [0.4, 0.5) is 5.69 Å². The summed E-state index contributed by atoms with van der Waals surface area (Å²) in [6, 6.07) is 18.5. The van der Waals surface area contributed by atoms with Gasteiger partial charge in [0.25, 0.3) is 0 Å². The van der Waals surface area contributed by atoms with E-state index in [9.17, 15) is 0 Å². The van der Waals surface area contributed by atoms with Crippen LogP contribution in [-0.4, -0.2) is 34.5 Å². The van der Waals surface area contributed by atoms with E-state index in [-0.39, 0.29) is 5.25 Å². The van der Waals surface area contributed by atoms with Gasteiger partial charge in [0.2, 0.25) is 5.75 Å².